The lowest BCUT2D eigenvalue weighted by Gasteiger charge is -2.41. The summed E-state index contributed by atoms with van der Waals surface area (Å²) in [6.07, 6.45) is 54.7. The molecule has 438 valence electrons. The molecular formula is C61H117NO11S. The Labute approximate surface area is 454 Å². The van der Waals surface area contributed by atoms with Crippen LogP contribution in [0, 0.1) is 0 Å². The molecule has 0 aromatic rings. The maximum absolute atomic E-state index is 13.2. The van der Waals surface area contributed by atoms with E-state index in [2.05, 4.69) is 47.7 Å². The van der Waals surface area contributed by atoms with Crippen molar-refractivity contribution in [3.63, 3.8) is 0 Å². The zero-order valence-electron chi connectivity index (χ0n) is 47.7. The summed E-state index contributed by atoms with van der Waals surface area (Å²) in [5.74, 6) is -0.227. The summed E-state index contributed by atoms with van der Waals surface area (Å²) in [5, 5.41) is 45.2. The molecule has 0 saturated carbocycles. The third-order valence-corrected chi connectivity index (χ3v) is 15.5. The molecule has 6 N–H and O–H groups in total. The van der Waals surface area contributed by atoms with E-state index in [0.29, 0.717) is 19.3 Å². The topological polar surface area (TPSA) is 192 Å². The van der Waals surface area contributed by atoms with Crippen LogP contribution in [0.25, 0.3) is 0 Å². The van der Waals surface area contributed by atoms with Gasteiger partial charge in [-0.05, 0) is 44.9 Å². The maximum Gasteiger partial charge on any atom is 0.397 e. The first-order chi connectivity index (χ1) is 36.0. The number of ether oxygens (including phenoxy) is 2. The number of hydrogen-bond acceptors (Lipinski definition) is 10. The maximum atomic E-state index is 13.2. The van der Waals surface area contributed by atoms with Crippen molar-refractivity contribution in [3.05, 3.63) is 24.3 Å². The lowest BCUT2D eigenvalue weighted by molar-refractivity contribution is -0.298. The minimum absolute atomic E-state index is 0.227. The van der Waals surface area contributed by atoms with Gasteiger partial charge in [-0.15, -0.1) is 0 Å². The van der Waals surface area contributed by atoms with Gasteiger partial charge in [0.25, 0.3) is 0 Å². The zero-order chi connectivity index (χ0) is 54.0. The quantitative estimate of drug-likeness (QED) is 0.0193. The van der Waals surface area contributed by atoms with Crippen LogP contribution in [0.15, 0.2) is 24.3 Å². The second-order valence-corrected chi connectivity index (χ2v) is 23.0. The van der Waals surface area contributed by atoms with Gasteiger partial charge in [-0.3, -0.25) is 9.35 Å². The lowest BCUT2D eigenvalue weighted by Crippen LogP contribution is -2.61. The van der Waals surface area contributed by atoms with Gasteiger partial charge >= 0.3 is 10.4 Å². The Kier molecular flexibility index (Phi) is 48.7. The summed E-state index contributed by atoms with van der Waals surface area (Å²) in [6.45, 7) is 3.50. The minimum atomic E-state index is -5.08. The highest BCUT2D eigenvalue weighted by atomic mass is 32.3. The van der Waals surface area contributed by atoms with Crippen LogP contribution < -0.4 is 5.32 Å². The monoisotopic (exact) mass is 1070 g/mol. The van der Waals surface area contributed by atoms with Crippen molar-refractivity contribution < 1.29 is 51.8 Å². The molecule has 1 fully saturated rings. The van der Waals surface area contributed by atoms with E-state index in [1.165, 1.54) is 218 Å². The normalized spacial score (nSPS) is 19.3. The third-order valence-electron chi connectivity index (χ3n) is 15.0. The third kappa shape index (κ3) is 42.6. The summed E-state index contributed by atoms with van der Waals surface area (Å²) >= 11 is 0. The molecule has 12 nitrogen and oxygen atoms in total. The summed E-state index contributed by atoms with van der Waals surface area (Å²) in [5.41, 5.74) is 0. The molecule has 13 heteroatoms. The largest absolute Gasteiger partial charge is 0.397 e. The molecule has 7 atom stereocenters. The van der Waals surface area contributed by atoms with Crippen LogP contribution in [0.5, 0.6) is 0 Å². The highest BCUT2D eigenvalue weighted by Crippen LogP contribution is 2.26. The Bertz CT molecular complexity index is 1400. The highest BCUT2D eigenvalue weighted by Gasteiger charge is 2.48. The van der Waals surface area contributed by atoms with Crippen LogP contribution >= 0.6 is 0 Å². The van der Waals surface area contributed by atoms with Gasteiger partial charge in [0.2, 0.25) is 5.91 Å². The van der Waals surface area contributed by atoms with Gasteiger partial charge in [-0.1, -0.05) is 276 Å². The number of nitrogens with one attached hydrogen (secondary N) is 1. The molecule has 1 aliphatic heterocycles. The number of hydrogen-bond donors (Lipinski definition) is 6. The average molecular weight is 1070 g/mol. The first-order valence-electron chi connectivity index (χ1n) is 31.2. The molecule has 1 aliphatic rings. The van der Waals surface area contributed by atoms with Crippen LogP contribution in [0.3, 0.4) is 0 Å². The fraction of sp³-hybridized carbons (Fsp3) is 0.918. The van der Waals surface area contributed by atoms with Gasteiger partial charge in [-0.25, -0.2) is 4.18 Å². The zero-order valence-corrected chi connectivity index (χ0v) is 48.5. The number of carbonyl (C=O) groups is 1. The molecule has 0 spiro atoms. The summed E-state index contributed by atoms with van der Waals surface area (Å²) < 4.78 is 48.0. The number of aliphatic hydroxyl groups excluding tert-OH is 4. The second-order valence-electron chi connectivity index (χ2n) is 22.0. The standard InChI is InChI=1S/C61H117NO11S/c1-3-5-7-9-11-13-15-17-19-21-23-25-26-27-28-29-30-31-33-35-37-39-41-43-45-47-49-51-57(65)62-54(53-71-61-59(67)60(73-74(68,69)70)58(66)56(52-63)72-61)55(64)50-48-46-44-42-40-38-36-34-32-24-22-20-18-16-14-12-10-8-6-4-2/h23,25,27-28,54-56,58-61,63-64,66-67H,3-22,24,26,29-53H2,1-2H3,(H,62,65)(H,68,69,70)/b25-23-,28-27-. The summed E-state index contributed by atoms with van der Waals surface area (Å²) in [4.78, 5) is 13.2. The number of amides is 1. The Morgan fingerprint density at radius 1 is 0.541 bits per heavy atom. The number of allylic oxidation sites excluding steroid dienone is 4. The summed E-state index contributed by atoms with van der Waals surface area (Å²) in [7, 11) is -5.08. The SMILES string of the molecule is CCCCCCCCCCC/C=C\C/C=C\CCCCCCCCCCCCCC(=O)NC(COC1OC(CO)C(O)C(OS(=O)(=O)O)C1O)C(O)CCCCCCCCCCCCCCCCCCCCCC. The Morgan fingerprint density at radius 2 is 0.905 bits per heavy atom. The van der Waals surface area contributed by atoms with Crippen LogP contribution in [0.1, 0.15) is 303 Å². The van der Waals surface area contributed by atoms with Crippen LogP contribution in [-0.2, 0) is 28.9 Å². The number of rotatable bonds is 55. The second kappa shape index (κ2) is 51.0. The molecule has 7 unspecified atom stereocenters. The van der Waals surface area contributed by atoms with Gasteiger partial charge in [0, 0.05) is 6.42 Å². The van der Waals surface area contributed by atoms with Crippen LogP contribution in [0.4, 0.5) is 0 Å². The molecular weight excluding hydrogens is 955 g/mol. The number of unbranched alkanes of at least 4 members (excludes halogenated alkanes) is 39. The van der Waals surface area contributed by atoms with E-state index >= 15 is 0 Å². The molecule has 0 aliphatic carbocycles. The molecule has 0 bridgehead atoms. The van der Waals surface area contributed by atoms with Crippen molar-refractivity contribution in [2.24, 2.45) is 0 Å². The molecule has 0 radical (unpaired) electrons. The molecule has 0 aromatic heterocycles. The van der Waals surface area contributed by atoms with Gasteiger partial charge in [0.05, 0.1) is 25.4 Å². The fourth-order valence-corrected chi connectivity index (χ4v) is 10.7. The molecule has 74 heavy (non-hydrogen) atoms. The predicted octanol–water partition coefficient (Wildman–Crippen LogP) is 15.2. The highest BCUT2D eigenvalue weighted by molar-refractivity contribution is 7.80. The van der Waals surface area contributed by atoms with E-state index in [-0.39, 0.29) is 12.5 Å². The lowest BCUT2D eigenvalue weighted by atomic mass is 9.99. The van der Waals surface area contributed by atoms with Crippen LogP contribution in [0.2, 0.25) is 0 Å². The molecule has 1 amide bonds. The first kappa shape index (κ1) is 70.6. The first-order valence-corrected chi connectivity index (χ1v) is 32.6. The Balaban J connectivity index is 2.31. The van der Waals surface area contributed by atoms with Crippen molar-refractivity contribution >= 4 is 16.3 Å². The van der Waals surface area contributed by atoms with E-state index in [9.17, 15) is 38.2 Å². The predicted molar refractivity (Wildman–Crippen MR) is 305 cm³/mol. The van der Waals surface area contributed by atoms with E-state index in [1.807, 2.05) is 0 Å². The molecule has 1 rings (SSSR count). The van der Waals surface area contributed by atoms with Crippen molar-refractivity contribution in [1.82, 2.24) is 5.32 Å². The minimum Gasteiger partial charge on any atom is -0.394 e. The Morgan fingerprint density at radius 3 is 1.28 bits per heavy atom. The van der Waals surface area contributed by atoms with Gasteiger partial charge < -0.3 is 35.2 Å². The average Bonchev–Trinajstić information content (AvgIpc) is 3.38. The number of carbonyl (C=O) groups excluding carboxylic acids is 1. The molecule has 1 heterocycles. The van der Waals surface area contributed by atoms with Gasteiger partial charge in [0.1, 0.15) is 24.4 Å². The smallest absolute Gasteiger partial charge is 0.394 e. The van der Waals surface area contributed by atoms with E-state index < -0.39 is 59.9 Å². The van der Waals surface area contributed by atoms with Gasteiger partial charge in [0.15, 0.2) is 6.29 Å². The Hall–Kier alpha value is -1.42. The molecule has 1 saturated heterocycles. The van der Waals surface area contributed by atoms with E-state index in [4.69, 9.17) is 9.47 Å². The summed E-state index contributed by atoms with van der Waals surface area (Å²) in [6, 6.07) is -0.859. The van der Waals surface area contributed by atoms with E-state index in [1.54, 1.807) is 0 Å². The van der Waals surface area contributed by atoms with Crippen molar-refractivity contribution in [1.29, 1.82) is 0 Å². The number of aliphatic hydroxyl groups is 4. The van der Waals surface area contributed by atoms with E-state index in [0.717, 1.165) is 51.4 Å². The van der Waals surface area contributed by atoms with Crippen molar-refractivity contribution in [2.45, 2.75) is 346 Å². The fourth-order valence-electron chi connectivity index (χ4n) is 10.2. The van der Waals surface area contributed by atoms with Gasteiger partial charge in [-0.2, -0.15) is 8.42 Å². The van der Waals surface area contributed by atoms with Crippen molar-refractivity contribution in [2.75, 3.05) is 13.2 Å². The van der Waals surface area contributed by atoms with Crippen molar-refractivity contribution in [3.8, 4) is 0 Å². The van der Waals surface area contributed by atoms with Crippen LogP contribution in [-0.4, -0.2) is 95.4 Å². The molecule has 0 aromatic carbocycles.